The zero-order chi connectivity index (χ0) is 21.9. The molecule has 0 unspecified atom stereocenters. The van der Waals surface area contributed by atoms with Gasteiger partial charge >= 0.3 is 5.97 Å². The van der Waals surface area contributed by atoms with Crippen molar-refractivity contribution in [1.82, 2.24) is 19.2 Å². The molecule has 1 aromatic carbocycles. The molecule has 3 rings (SSSR count). The number of nitrogens with zero attached hydrogens (tertiary/aromatic N) is 3. The predicted octanol–water partition coefficient (Wildman–Crippen LogP) is 1.09. The van der Waals surface area contributed by atoms with Gasteiger partial charge in [-0.2, -0.15) is 4.31 Å². The summed E-state index contributed by atoms with van der Waals surface area (Å²) < 4.78 is 42.1. The summed E-state index contributed by atoms with van der Waals surface area (Å²) in [5.74, 6) is -2.14. The number of nitrogens with one attached hydrogen (secondary N) is 1. The van der Waals surface area contributed by atoms with Crippen LogP contribution >= 0.6 is 0 Å². The van der Waals surface area contributed by atoms with E-state index >= 15 is 0 Å². The summed E-state index contributed by atoms with van der Waals surface area (Å²) in [6.45, 7) is 0.135. The third kappa shape index (κ3) is 5.03. The first kappa shape index (κ1) is 21.9. The number of aromatic nitrogens is 2. The molecule has 30 heavy (non-hydrogen) atoms. The van der Waals surface area contributed by atoms with E-state index < -0.39 is 27.9 Å². The Bertz CT molecular complexity index is 1020. The quantitative estimate of drug-likeness (QED) is 0.636. The number of amides is 1. The van der Waals surface area contributed by atoms with Gasteiger partial charge in [-0.1, -0.05) is 12.1 Å². The van der Waals surface area contributed by atoms with Crippen LogP contribution < -0.4 is 5.32 Å². The van der Waals surface area contributed by atoms with Crippen LogP contribution in [0.1, 0.15) is 30.7 Å². The molecule has 1 fully saturated rings. The summed E-state index contributed by atoms with van der Waals surface area (Å²) in [6, 6.07) is 5.18. The number of aliphatic carboxylic acids is 1. The Kier molecular flexibility index (Phi) is 6.52. The molecule has 1 aliphatic heterocycles. The molecule has 2 heterocycles. The molecule has 1 saturated heterocycles. The number of aryl methyl sites for hydroxylation is 1. The van der Waals surface area contributed by atoms with E-state index in [1.165, 1.54) is 33.5 Å². The van der Waals surface area contributed by atoms with Crippen LogP contribution in [0.25, 0.3) is 0 Å². The molecule has 0 bridgehead atoms. The van der Waals surface area contributed by atoms with E-state index in [2.05, 4.69) is 10.3 Å². The maximum Gasteiger partial charge on any atom is 0.303 e. The van der Waals surface area contributed by atoms with Gasteiger partial charge < -0.3 is 15.0 Å². The van der Waals surface area contributed by atoms with Gasteiger partial charge in [-0.15, -0.1) is 0 Å². The Balaban J connectivity index is 1.80. The van der Waals surface area contributed by atoms with Gasteiger partial charge in [0.2, 0.25) is 5.91 Å². The summed E-state index contributed by atoms with van der Waals surface area (Å²) >= 11 is 0. The number of sulfonamides is 1. The third-order valence-electron chi connectivity index (χ3n) is 5.01. The highest BCUT2D eigenvalue weighted by Crippen LogP contribution is 2.31. The first-order valence-corrected chi connectivity index (χ1v) is 10.9. The first-order valence-electron chi connectivity index (χ1n) is 9.41. The Morgan fingerprint density at radius 1 is 1.23 bits per heavy atom. The van der Waals surface area contributed by atoms with Gasteiger partial charge in [0.15, 0.2) is 5.03 Å². The molecule has 1 aliphatic rings. The Hall–Kier alpha value is -2.79. The van der Waals surface area contributed by atoms with Crippen LogP contribution in [0.4, 0.5) is 4.39 Å². The lowest BCUT2D eigenvalue weighted by Crippen LogP contribution is -2.40. The van der Waals surface area contributed by atoms with Crippen LogP contribution in [0.3, 0.4) is 0 Å². The fourth-order valence-corrected chi connectivity index (χ4v) is 4.95. The molecule has 2 atom stereocenters. The van der Waals surface area contributed by atoms with Crippen molar-refractivity contribution in [2.75, 3.05) is 13.1 Å². The lowest BCUT2D eigenvalue weighted by atomic mass is 9.94. The molecule has 162 valence electrons. The van der Waals surface area contributed by atoms with Crippen molar-refractivity contribution >= 4 is 21.9 Å². The molecule has 2 N–H and O–H groups in total. The summed E-state index contributed by atoms with van der Waals surface area (Å²) in [5, 5.41) is 11.4. The number of benzene rings is 1. The minimum Gasteiger partial charge on any atom is -0.481 e. The molecule has 11 heteroatoms. The van der Waals surface area contributed by atoms with E-state index in [-0.39, 0.29) is 49.2 Å². The number of halogens is 1. The molecule has 1 aromatic heterocycles. The van der Waals surface area contributed by atoms with Crippen molar-refractivity contribution in [2.24, 2.45) is 7.05 Å². The molecule has 9 nitrogen and oxygen atoms in total. The number of carbonyl (C=O) groups is 2. The Labute approximate surface area is 173 Å². The van der Waals surface area contributed by atoms with E-state index in [1.54, 1.807) is 19.2 Å². The second-order valence-corrected chi connectivity index (χ2v) is 9.16. The van der Waals surface area contributed by atoms with Crippen molar-refractivity contribution < 1.29 is 27.5 Å². The van der Waals surface area contributed by atoms with Crippen molar-refractivity contribution in [1.29, 1.82) is 0 Å². The maximum absolute atomic E-state index is 13.3. The predicted molar refractivity (Wildman–Crippen MR) is 105 cm³/mol. The van der Waals surface area contributed by atoms with Crippen LogP contribution in [-0.2, 0) is 26.7 Å². The van der Waals surface area contributed by atoms with E-state index in [1.807, 2.05) is 0 Å². The summed E-state index contributed by atoms with van der Waals surface area (Å²) in [5.41, 5.74) is 0.700. The average Bonchev–Trinajstić information content (AvgIpc) is 3.29. The van der Waals surface area contributed by atoms with Gasteiger partial charge in [-0.3, -0.25) is 9.59 Å². The Morgan fingerprint density at radius 2 is 1.93 bits per heavy atom. The number of carboxylic acid groups (broad SMARTS) is 1. The minimum atomic E-state index is -3.87. The number of hydrogen-bond acceptors (Lipinski definition) is 5. The van der Waals surface area contributed by atoms with Gasteiger partial charge in [-0.05, 0) is 24.1 Å². The van der Waals surface area contributed by atoms with Crippen molar-refractivity contribution in [3.05, 3.63) is 48.2 Å². The smallest absolute Gasteiger partial charge is 0.303 e. The Morgan fingerprint density at radius 3 is 2.53 bits per heavy atom. The fourth-order valence-electron chi connectivity index (χ4n) is 3.49. The van der Waals surface area contributed by atoms with E-state index in [0.29, 0.717) is 5.56 Å². The minimum absolute atomic E-state index is 0.0198. The monoisotopic (exact) mass is 438 g/mol. The van der Waals surface area contributed by atoms with Gasteiger partial charge in [-0.25, -0.2) is 17.8 Å². The van der Waals surface area contributed by atoms with E-state index in [4.69, 9.17) is 5.11 Å². The second kappa shape index (κ2) is 8.92. The van der Waals surface area contributed by atoms with Crippen molar-refractivity contribution in [3.63, 3.8) is 0 Å². The fraction of sp³-hybridized carbons (Fsp3) is 0.421. The van der Waals surface area contributed by atoms with Gasteiger partial charge in [0.05, 0.1) is 12.4 Å². The van der Waals surface area contributed by atoms with Crippen LogP contribution in [0, 0.1) is 5.82 Å². The maximum atomic E-state index is 13.3. The lowest BCUT2D eigenvalue weighted by Gasteiger charge is -2.20. The third-order valence-corrected chi connectivity index (χ3v) is 6.73. The summed E-state index contributed by atoms with van der Waals surface area (Å²) in [7, 11) is -2.20. The highest BCUT2D eigenvalue weighted by molar-refractivity contribution is 7.89. The van der Waals surface area contributed by atoms with Crippen LogP contribution in [0.2, 0.25) is 0 Å². The van der Waals surface area contributed by atoms with Crippen LogP contribution in [0.5, 0.6) is 0 Å². The highest BCUT2D eigenvalue weighted by atomic mass is 32.2. The number of hydrogen-bond donors (Lipinski definition) is 2. The SMILES string of the molecule is Cn1cnc(S(=O)(=O)N2C[C@H](NC(=O)CCCC(=O)O)[C@@H](c3ccc(F)cc3)C2)c1. The molecule has 1 amide bonds. The van der Waals surface area contributed by atoms with Gasteiger partial charge in [0.25, 0.3) is 10.0 Å². The molecular formula is C19H23FN4O5S. The van der Waals surface area contributed by atoms with Crippen LogP contribution in [0.15, 0.2) is 41.8 Å². The second-order valence-electron chi connectivity index (χ2n) is 7.28. The van der Waals surface area contributed by atoms with E-state index in [9.17, 15) is 22.4 Å². The number of imidazole rings is 1. The number of carbonyl (C=O) groups excluding carboxylic acids is 1. The standard InChI is InChI=1S/C19H23FN4O5S/c1-23-11-18(21-12-23)30(28,29)24-9-15(13-5-7-14(20)8-6-13)16(10-24)22-17(25)3-2-4-19(26)27/h5-8,11-12,15-16H,2-4,9-10H2,1H3,(H,22,25)(H,26,27)/t15-,16+/m1/s1. The molecule has 0 aliphatic carbocycles. The molecule has 0 spiro atoms. The van der Waals surface area contributed by atoms with Crippen molar-refractivity contribution in [3.8, 4) is 0 Å². The average molecular weight is 438 g/mol. The molecule has 0 radical (unpaired) electrons. The topological polar surface area (TPSA) is 122 Å². The largest absolute Gasteiger partial charge is 0.481 e. The molecule has 0 saturated carbocycles. The summed E-state index contributed by atoms with van der Waals surface area (Å²) in [4.78, 5) is 26.9. The van der Waals surface area contributed by atoms with Gasteiger partial charge in [0.1, 0.15) is 5.82 Å². The highest BCUT2D eigenvalue weighted by Gasteiger charge is 2.41. The van der Waals surface area contributed by atoms with E-state index in [0.717, 1.165) is 0 Å². The summed E-state index contributed by atoms with van der Waals surface area (Å²) in [6.07, 6.45) is 2.87. The zero-order valence-electron chi connectivity index (χ0n) is 16.4. The number of carboxylic acids is 1. The molecular weight excluding hydrogens is 415 g/mol. The lowest BCUT2D eigenvalue weighted by molar-refractivity contribution is -0.137. The van der Waals surface area contributed by atoms with Crippen LogP contribution in [-0.4, -0.2) is 58.4 Å². The number of rotatable bonds is 8. The van der Waals surface area contributed by atoms with Gasteiger partial charge in [0, 0.05) is 45.1 Å². The normalized spacial score (nSPS) is 19.7. The first-order chi connectivity index (χ1) is 14.2. The zero-order valence-corrected chi connectivity index (χ0v) is 17.2. The molecule has 2 aromatic rings. The van der Waals surface area contributed by atoms with Crippen molar-refractivity contribution in [2.45, 2.75) is 36.2 Å².